The van der Waals surface area contributed by atoms with Gasteiger partial charge in [-0.3, -0.25) is 4.99 Å². The third-order valence-electron chi connectivity index (χ3n) is 2.12. The Bertz CT molecular complexity index is 511. The van der Waals surface area contributed by atoms with E-state index in [1.165, 1.54) is 0 Å². The van der Waals surface area contributed by atoms with Gasteiger partial charge in [0.1, 0.15) is 5.75 Å². The zero-order valence-electron chi connectivity index (χ0n) is 8.77. The van der Waals surface area contributed by atoms with Gasteiger partial charge >= 0.3 is 0 Å². The molecule has 0 spiro atoms. The van der Waals surface area contributed by atoms with Crippen molar-refractivity contribution >= 4 is 23.5 Å². The molecule has 0 amide bonds. The molecule has 4 heteroatoms. The summed E-state index contributed by atoms with van der Waals surface area (Å²) >= 11 is 5.76. The van der Waals surface area contributed by atoms with Crippen LogP contribution in [0.1, 0.15) is 5.56 Å². The molecule has 0 aliphatic carbocycles. The number of hydrogen-bond donors (Lipinski definition) is 1. The average molecular weight is 295 g/mol. The van der Waals surface area contributed by atoms with E-state index in [1.54, 1.807) is 36.5 Å². The third kappa shape index (κ3) is 3.90. The summed E-state index contributed by atoms with van der Waals surface area (Å²) in [5, 5.41) is 10.2. The van der Waals surface area contributed by atoms with Crippen LogP contribution >= 0.6 is 11.6 Å². The zero-order chi connectivity index (χ0) is 11.4. The molecule has 0 heterocycles. The van der Waals surface area contributed by atoms with E-state index in [2.05, 4.69) is 4.99 Å². The van der Waals surface area contributed by atoms with Crippen LogP contribution in [0.15, 0.2) is 53.5 Å². The first kappa shape index (κ1) is 13.8. The Balaban J connectivity index is 0.00000144. The van der Waals surface area contributed by atoms with Crippen LogP contribution in [-0.2, 0) is 17.1 Å². The van der Waals surface area contributed by atoms with Gasteiger partial charge in [0.15, 0.2) is 0 Å². The summed E-state index contributed by atoms with van der Waals surface area (Å²) in [6, 6.07) is 14.2. The van der Waals surface area contributed by atoms with Gasteiger partial charge in [-0.1, -0.05) is 23.7 Å². The number of nitrogens with zero attached hydrogens (tertiary/aromatic N) is 1. The minimum Gasteiger partial charge on any atom is -0.507 e. The second kappa shape index (κ2) is 6.45. The Morgan fingerprint density at radius 3 is 2.29 bits per heavy atom. The summed E-state index contributed by atoms with van der Waals surface area (Å²) in [6.45, 7) is 0. The Hall–Kier alpha value is -1.28. The number of hydrogen-bond acceptors (Lipinski definition) is 2. The van der Waals surface area contributed by atoms with Crippen molar-refractivity contribution in [2.75, 3.05) is 0 Å². The molecule has 91 valence electrons. The molecule has 0 aliphatic heterocycles. The van der Waals surface area contributed by atoms with Gasteiger partial charge in [-0.25, -0.2) is 0 Å². The van der Waals surface area contributed by atoms with E-state index in [0.29, 0.717) is 10.6 Å². The standard InChI is InChI=1S/C13H10ClNO.Cu/c14-11-5-7-12(8-6-11)15-9-10-3-1-2-4-13(10)16;/h1-9,16H;/b15-9+;. The molecule has 2 nitrogen and oxygen atoms in total. The molecule has 0 saturated heterocycles. The fourth-order valence-corrected chi connectivity index (χ4v) is 1.39. The van der Waals surface area contributed by atoms with Crippen LogP contribution < -0.4 is 0 Å². The van der Waals surface area contributed by atoms with Crippen molar-refractivity contribution in [1.29, 1.82) is 0 Å². The summed E-state index contributed by atoms with van der Waals surface area (Å²) in [5.74, 6) is 0.222. The largest absolute Gasteiger partial charge is 0.507 e. The molecule has 0 bridgehead atoms. The van der Waals surface area contributed by atoms with Crippen molar-refractivity contribution in [2.45, 2.75) is 0 Å². The van der Waals surface area contributed by atoms with Crippen LogP contribution in [0.25, 0.3) is 0 Å². The molecule has 0 unspecified atom stereocenters. The molecule has 2 aromatic rings. The number of aromatic hydroxyl groups is 1. The summed E-state index contributed by atoms with van der Waals surface area (Å²) in [6.07, 6.45) is 1.62. The molecule has 17 heavy (non-hydrogen) atoms. The van der Waals surface area contributed by atoms with Crippen LogP contribution in [0, 0.1) is 0 Å². The number of para-hydroxylation sites is 1. The van der Waals surface area contributed by atoms with Gasteiger partial charge in [-0.2, -0.15) is 0 Å². The fourth-order valence-electron chi connectivity index (χ4n) is 1.27. The number of aliphatic imine (C=N–C) groups is 1. The van der Waals surface area contributed by atoms with Gasteiger partial charge in [0.05, 0.1) is 5.69 Å². The zero-order valence-corrected chi connectivity index (χ0v) is 10.5. The minimum atomic E-state index is 0. The van der Waals surface area contributed by atoms with Gasteiger partial charge in [-0.05, 0) is 36.4 Å². The number of benzene rings is 2. The van der Waals surface area contributed by atoms with Gasteiger partial charge in [0.2, 0.25) is 0 Å². The first-order valence-corrected chi connectivity index (χ1v) is 5.21. The van der Waals surface area contributed by atoms with Crippen LogP contribution in [0.5, 0.6) is 5.75 Å². The predicted molar refractivity (Wildman–Crippen MR) is 66.8 cm³/mol. The summed E-state index contributed by atoms with van der Waals surface area (Å²) in [7, 11) is 0. The Morgan fingerprint density at radius 1 is 1.00 bits per heavy atom. The van der Waals surface area contributed by atoms with Gasteiger partial charge in [-0.15, -0.1) is 0 Å². The van der Waals surface area contributed by atoms with Crippen molar-refractivity contribution in [1.82, 2.24) is 0 Å². The van der Waals surface area contributed by atoms with Crippen LogP contribution in [0.2, 0.25) is 5.02 Å². The van der Waals surface area contributed by atoms with Crippen molar-refractivity contribution in [3.05, 3.63) is 59.1 Å². The Kier molecular flexibility index (Phi) is 5.23. The molecule has 2 aromatic carbocycles. The van der Waals surface area contributed by atoms with Crippen molar-refractivity contribution in [3.63, 3.8) is 0 Å². The number of halogens is 1. The second-order valence-electron chi connectivity index (χ2n) is 3.29. The summed E-state index contributed by atoms with van der Waals surface area (Å²) < 4.78 is 0. The number of phenols is 1. The topological polar surface area (TPSA) is 32.6 Å². The molecule has 0 saturated carbocycles. The SMILES string of the molecule is Oc1ccccc1/C=N/c1ccc(Cl)cc1.[Cu]. The molecule has 2 rings (SSSR count). The van der Waals surface area contributed by atoms with Crippen molar-refractivity contribution in [2.24, 2.45) is 4.99 Å². The number of rotatable bonds is 2. The van der Waals surface area contributed by atoms with E-state index in [1.807, 2.05) is 18.2 Å². The Labute approximate surface area is 115 Å². The van der Waals surface area contributed by atoms with Gasteiger partial charge in [0, 0.05) is 33.9 Å². The molecular formula is C13H10ClCuNO. The average Bonchev–Trinajstić information content (AvgIpc) is 2.30. The van der Waals surface area contributed by atoms with E-state index in [-0.39, 0.29) is 22.8 Å². The first-order chi connectivity index (χ1) is 7.75. The maximum absolute atomic E-state index is 9.52. The van der Waals surface area contributed by atoms with Gasteiger partial charge in [0.25, 0.3) is 0 Å². The maximum Gasteiger partial charge on any atom is 0.124 e. The molecular weight excluding hydrogens is 285 g/mol. The second-order valence-corrected chi connectivity index (χ2v) is 3.73. The normalized spacial score (nSPS) is 10.2. The van der Waals surface area contributed by atoms with E-state index in [0.717, 1.165) is 5.69 Å². The van der Waals surface area contributed by atoms with E-state index < -0.39 is 0 Å². The maximum atomic E-state index is 9.52. The fraction of sp³-hybridized carbons (Fsp3) is 0. The van der Waals surface area contributed by atoms with Crippen molar-refractivity contribution in [3.8, 4) is 5.75 Å². The summed E-state index contributed by atoms with van der Waals surface area (Å²) in [5.41, 5.74) is 1.49. The van der Waals surface area contributed by atoms with E-state index >= 15 is 0 Å². The Morgan fingerprint density at radius 2 is 1.65 bits per heavy atom. The molecule has 0 aliphatic rings. The van der Waals surface area contributed by atoms with Crippen molar-refractivity contribution < 1.29 is 22.2 Å². The number of phenolic OH excluding ortho intramolecular Hbond substituents is 1. The quantitative estimate of drug-likeness (QED) is 0.663. The third-order valence-corrected chi connectivity index (χ3v) is 2.37. The molecule has 1 N–H and O–H groups in total. The minimum absolute atomic E-state index is 0. The van der Waals surface area contributed by atoms with Crippen LogP contribution in [-0.4, -0.2) is 11.3 Å². The van der Waals surface area contributed by atoms with Crippen LogP contribution in [0.4, 0.5) is 5.69 Å². The molecule has 0 atom stereocenters. The van der Waals surface area contributed by atoms with Crippen LogP contribution in [0.3, 0.4) is 0 Å². The smallest absolute Gasteiger partial charge is 0.124 e. The van der Waals surface area contributed by atoms with E-state index in [9.17, 15) is 5.11 Å². The summed E-state index contributed by atoms with van der Waals surface area (Å²) in [4.78, 5) is 4.23. The van der Waals surface area contributed by atoms with E-state index in [4.69, 9.17) is 11.6 Å². The predicted octanol–water partition coefficient (Wildman–Crippen LogP) is 3.79. The molecule has 1 radical (unpaired) electrons. The monoisotopic (exact) mass is 294 g/mol. The first-order valence-electron chi connectivity index (χ1n) is 4.83. The molecule has 0 aromatic heterocycles. The molecule has 0 fully saturated rings. The van der Waals surface area contributed by atoms with Gasteiger partial charge < -0.3 is 5.11 Å².